The Kier molecular flexibility index (Phi) is 3.39. The number of carboxylic acids is 1. The van der Waals surface area contributed by atoms with Gasteiger partial charge in [-0.3, -0.25) is 14.4 Å². The minimum absolute atomic E-state index is 0.146. The molecule has 0 aliphatic carbocycles. The van der Waals surface area contributed by atoms with Crippen molar-refractivity contribution in [2.45, 2.75) is 31.5 Å². The molecule has 2 fully saturated rings. The van der Waals surface area contributed by atoms with Crippen LogP contribution in [0, 0.1) is 5.41 Å². The molecule has 2 rings (SSSR count). The largest absolute Gasteiger partial charge is 0.481 e. The summed E-state index contributed by atoms with van der Waals surface area (Å²) in [7, 11) is 0. The van der Waals surface area contributed by atoms with Gasteiger partial charge in [0.15, 0.2) is 5.41 Å². The molecule has 0 aromatic rings. The number of aliphatic carboxylic acids is 1. The Bertz CT molecular complexity index is 465. The first-order chi connectivity index (χ1) is 9.17. The number of likely N-dealkylation sites (tertiary alicyclic amines) is 1. The van der Waals surface area contributed by atoms with Crippen LogP contribution in [0.25, 0.3) is 0 Å². The number of halogens is 3. The van der Waals surface area contributed by atoms with Crippen LogP contribution in [-0.4, -0.2) is 53.1 Å². The molecule has 112 valence electrons. The Morgan fingerprint density at radius 2 is 2.05 bits per heavy atom. The van der Waals surface area contributed by atoms with Crippen molar-refractivity contribution in [2.24, 2.45) is 5.41 Å². The summed E-state index contributed by atoms with van der Waals surface area (Å²) in [6.45, 7) is -1.19. The second-order valence-electron chi connectivity index (χ2n) is 5.05. The average molecular weight is 294 g/mol. The number of rotatable bonds is 2. The number of alkyl halides is 3. The number of carbonyl (C=O) groups excluding carboxylic acids is 2. The van der Waals surface area contributed by atoms with Crippen LogP contribution in [0.5, 0.6) is 0 Å². The van der Waals surface area contributed by atoms with Crippen molar-refractivity contribution in [3.63, 3.8) is 0 Å². The van der Waals surface area contributed by atoms with Gasteiger partial charge in [-0.2, -0.15) is 13.2 Å². The Labute approximate surface area is 111 Å². The lowest BCUT2D eigenvalue weighted by Crippen LogP contribution is -2.50. The van der Waals surface area contributed by atoms with E-state index < -0.39 is 42.5 Å². The monoisotopic (exact) mass is 294 g/mol. The topological polar surface area (TPSA) is 86.7 Å². The maximum Gasteiger partial charge on any atom is 0.406 e. The van der Waals surface area contributed by atoms with Crippen LogP contribution in [0.15, 0.2) is 0 Å². The van der Waals surface area contributed by atoms with Gasteiger partial charge in [-0.15, -0.1) is 0 Å². The quantitative estimate of drug-likeness (QED) is 0.758. The molecular weight excluding hydrogens is 281 g/mol. The Morgan fingerprint density at radius 1 is 1.40 bits per heavy atom. The zero-order valence-electron chi connectivity index (χ0n) is 10.4. The van der Waals surface area contributed by atoms with E-state index in [4.69, 9.17) is 5.11 Å². The first-order valence-electron chi connectivity index (χ1n) is 6.06. The number of nitrogens with zero attached hydrogens (tertiary/aromatic N) is 1. The third kappa shape index (κ3) is 2.20. The number of carbonyl (C=O) groups is 3. The molecule has 2 N–H and O–H groups in total. The SMILES string of the molecule is O=C1CCC(C(=O)N2CCC(C(=O)O)(C(F)(F)F)C2)N1. The zero-order chi connectivity index (χ0) is 15.1. The highest BCUT2D eigenvalue weighted by atomic mass is 19.4. The Morgan fingerprint density at radius 3 is 2.45 bits per heavy atom. The predicted octanol–water partition coefficient (Wildman–Crippen LogP) is 0.131. The van der Waals surface area contributed by atoms with Gasteiger partial charge in [0.25, 0.3) is 0 Å². The van der Waals surface area contributed by atoms with Gasteiger partial charge in [0.1, 0.15) is 6.04 Å². The highest BCUT2D eigenvalue weighted by Gasteiger charge is 2.64. The molecule has 2 atom stereocenters. The molecule has 0 saturated carbocycles. The third-order valence-corrected chi connectivity index (χ3v) is 3.83. The molecule has 2 amide bonds. The van der Waals surface area contributed by atoms with Crippen molar-refractivity contribution >= 4 is 17.8 Å². The van der Waals surface area contributed by atoms with E-state index in [1.807, 2.05) is 0 Å². The second kappa shape index (κ2) is 4.64. The van der Waals surface area contributed by atoms with E-state index in [1.165, 1.54) is 0 Å². The average Bonchev–Trinajstić information content (AvgIpc) is 2.93. The summed E-state index contributed by atoms with van der Waals surface area (Å²) in [5.41, 5.74) is -2.91. The van der Waals surface area contributed by atoms with E-state index in [0.29, 0.717) is 0 Å². The highest BCUT2D eigenvalue weighted by Crippen LogP contribution is 2.45. The lowest BCUT2D eigenvalue weighted by Gasteiger charge is -2.27. The molecule has 0 spiro atoms. The fourth-order valence-electron chi connectivity index (χ4n) is 2.54. The third-order valence-electron chi connectivity index (χ3n) is 3.83. The molecule has 2 unspecified atom stereocenters. The van der Waals surface area contributed by atoms with Crippen LogP contribution in [0.4, 0.5) is 13.2 Å². The van der Waals surface area contributed by atoms with Crippen LogP contribution >= 0.6 is 0 Å². The van der Waals surface area contributed by atoms with Crippen molar-refractivity contribution in [1.29, 1.82) is 0 Å². The molecule has 0 aromatic carbocycles. The molecule has 2 aliphatic rings. The molecule has 9 heteroatoms. The van der Waals surface area contributed by atoms with E-state index in [-0.39, 0.29) is 25.3 Å². The van der Waals surface area contributed by atoms with Crippen molar-refractivity contribution in [1.82, 2.24) is 10.2 Å². The minimum atomic E-state index is -4.92. The molecule has 0 bridgehead atoms. The van der Waals surface area contributed by atoms with Crippen LogP contribution in [0.2, 0.25) is 0 Å². The standard InChI is InChI=1S/C11H13F3N2O4/c12-11(13,14)10(9(19)20)3-4-16(5-10)8(18)6-1-2-7(17)15-6/h6H,1-5H2,(H,15,17)(H,19,20). The number of hydrogen-bond acceptors (Lipinski definition) is 3. The Hall–Kier alpha value is -1.80. The number of amides is 2. The van der Waals surface area contributed by atoms with E-state index in [0.717, 1.165) is 4.90 Å². The summed E-state index contributed by atoms with van der Waals surface area (Å²) in [5, 5.41) is 11.2. The number of nitrogens with one attached hydrogen (secondary N) is 1. The van der Waals surface area contributed by atoms with Crippen molar-refractivity contribution in [2.75, 3.05) is 13.1 Å². The number of carboxylic acid groups (broad SMARTS) is 1. The summed E-state index contributed by atoms with van der Waals surface area (Å²) in [5.74, 6) is -2.96. The number of hydrogen-bond donors (Lipinski definition) is 2. The smallest absolute Gasteiger partial charge is 0.406 e. The highest BCUT2D eigenvalue weighted by molar-refractivity contribution is 5.91. The molecule has 20 heavy (non-hydrogen) atoms. The van der Waals surface area contributed by atoms with Gasteiger partial charge < -0.3 is 15.3 Å². The van der Waals surface area contributed by atoms with Gasteiger partial charge in [0.2, 0.25) is 11.8 Å². The predicted molar refractivity (Wildman–Crippen MR) is 58.5 cm³/mol. The van der Waals surface area contributed by atoms with Crippen molar-refractivity contribution in [3.05, 3.63) is 0 Å². The zero-order valence-corrected chi connectivity index (χ0v) is 10.4. The van der Waals surface area contributed by atoms with Gasteiger partial charge in [-0.25, -0.2) is 0 Å². The van der Waals surface area contributed by atoms with Crippen LogP contribution in [0.3, 0.4) is 0 Å². The normalized spacial score (nSPS) is 30.4. The van der Waals surface area contributed by atoms with E-state index in [1.54, 1.807) is 0 Å². The van der Waals surface area contributed by atoms with Gasteiger partial charge >= 0.3 is 12.1 Å². The summed E-state index contributed by atoms with van der Waals surface area (Å²) < 4.78 is 38.9. The van der Waals surface area contributed by atoms with Crippen LogP contribution in [-0.2, 0) is 14.4 Å². The second-order valence-corrected chi connectivity index (χ2v) is 5.05. The van der Waals surface area contributed by atoms with Gasteiger partial charge in [0.05, 0.1) is 0 Å². The van der Waals surface area contributed by atoms with Crippen LogP contribution < -0.4 is 5.32 Å². The molecular formula is C11H13F3N2O4. The van der Waals surface area contributed by atoms with Crippen molar-refractivity contribution < 1.29 is 32.7 Å². The first kappa shape index (κ1) is 14.6. The van der Waals surface area contributed by atoms with Crippen molar-refractivity contribution in [3.8, 4) is 0 Å². The lowest BCUT2D eigenvalue weighted by atomic mass is 9.86. The van der Waals surface area contributed by atoms with E-state index >= 15 is 0 Å². The molecule has 2 heterocycles. The molecule has 2 aliphatic heterocycles. The molecule has 0 aromatic heterocycles. The fourth-order valence-corrected chi connectivity index (χ4v) is 2.54. The maximum absolute atomic E-state index is 13.0. The van der Waals surface area contributed by atoms with Gasteiger partial charge in [0, 0.05) is 19.5 Å². The van der Waals surface area contributed by atoms with E-state index in [9.17, 15) is 27.6 Å². The Balaban J connectivity index is 2.13. The maximum atomic E-state index is 13.0. The van der Waals surface area contributed by atoms with Gasteiger partial charge in [-0.05, 0) is 12.8 Å². The summed E-state index contributed by atoms with van der Waals surface area (Å²) in [6.07, 6.45) is -5.22. The first-order valence-corrected chi connectivity index (χ1v) is 6.06. The summed E-state index contributed by atoms with van der Waals surface area (Å²) >= 11 is 0. The molecule has 0 radical (unpaired) electrons. The molecule has 2 saturated heterocycles. The lowest BCUT2D eigenvalue weighted by molar-refractivity contribution is -0.227. The summed E-state index contributed by atoms with van der Waals surface area (Å²) in [4.78, 5) is 34.8. The van der Waals surface area contributed by atoms with Crippen LogP contribution in [0.1, 0.15) is 19.3 Å². The fraction of sp³-hybridized carbons (Fsp3) is 0.727. The summed E-state index contributed by atoms with van der Waals surface area (Å²) in [6, 6.07) is -0.847. The minimum Gasteiger partial charge on any atom is -0.481 e. The van der Waals surface area contributed by atoms with Gasteiger partial charge in [-0.1, -0.05) is 0 Å². The molecule has 6 nitrogen and oxygen atoms in total. The van der Waals surface area contributed by atoms with E-state index in [2.05, 4.69) is 5.32 Å².